The SMILES string of the molecule is CC1SCC(C(=O)CC2CCCC2)SC1C. The number of Topliss-reactive ketones (excluding diaryl/α,β-unsaturated/α-hetero) is 1. The predicted molar refractivity (Wildman–Crippen MR) is 74.3 cm³/mol. The highest BCUT2D eigenvalue weighted by Gasteiger charge is 2.31. The molecule has 0 spiro atoms. The molecule has 0 aromatic heterocycles. The molecule has 2 fully saturated rings. The highest BCUT2D eigenvalue weighted by atomic mass is 32.2. The summed E-state index contributed by atoms with van der Waals surface area (Å²) < 4.78 is 0. The van der Waals surface area contributed by atoms with Crippen LogP contribution >= 0.6 is 23.5 Å². The van der Waals surface area contributed by atoms with Crippen molar-refractivity contribution in [1.82, 2.24) is 0 Å². The summed E-state index contributed by atoms with van der Waals surface area (Å²) in [5.74, 6) is 2.29. The van der Waals surface area contributed by atoms with E-state index in [4.69, 9.17) is 0 Å². The molecule has 1 aliphatic heterocycles. The van der Waals surface area contributed by atoms with E-state index in [1.165, 1.54) is 25.7 Å². The van der Waals surface area contributed by atoms with Gasteiger partial charge in [0.1, 0.15) is 5.78 Å². The molecule has 0 aromatic rings. The third kappa shape index (κ3) is 3.19. The highest BCUT2D eigenvalue weighted by Crippen LogP contribution is 2.38. The van der Waals surface area contributed by atoms with E-state index >= 15 is 0 Å². The van der Waals surface area contributed by atoms with Crippen LogP contribution in [-0.4, -0.2) is 27.3 Å². The van der Waals surface area contributed by atoms with Crippen LogP contribution in [0.15, 0.2) is 0 Å². The quantitative estimate of drug-likeness (QED) is 0.767. The van der Waals surface area contributed by atoms with Crippen molar-refractivity contribution in [3.05, 3.63) is 0 Å². The van der Waals surface area contributed by atoms with Crippen molar-refractivity contribution in [3.63, 3.8) is 0 Å². The lowest BCUT2D eigenvalue weighted by molar-refractivity contribution is -0.119. The van der Waals surface area contributed by atoms with Gasteiger partial charge < -0.3 is 0 Å². The van der Waals surface area contributed by atoms with E-state index in [1.54, 1.807) is 0 Å². The Hall–Kier alpha value is 0.370. The topological polar surface area (TPSA) is 17.1 Å². The third-order valence-electron chi connectivity index (χ3n) is 3.87. The normalized spacial score (nSPS) is 36.5. The van der Waals surface area contributed by atoms with Gasteiger partial charge in [0.05, 0.1) is 5.25 Å². The van der Waals surface area contributed by atoms with Crippen LogP contribution in [0.2, 0.25) is 0 Å². The van der Waals surface area contributed by atoms with Gasteiger partial charge in [-0.3, -0.25) is 4.79 Å². The molecule has 2 aliphatic rings. The van der Waals surface area contributed by atoms with Crippen LogP contribution < -0.4 is 0 Å². The molecular formula is C13H22OS2. The van der Waals surface area contributed by atoms with E-state index in [9.17, 15) is 4.79 Å². The van der Waals surface area contributed by atoms with Crippen LogP contribution in [0.25, 0.3) is 0 Å². The molecule has 92 valence electrons. The van der Waals surface area contributed by atoms with Gasteiger partial charge in [0.25, 0.3) is 0 Å². The lowest BCUT2D eigenvalue weighted by atomic mass is 10.00. The standard InChI is InChI=1S/C13H22OS2/c1-9-10(2)16-13(8-15-9)12(14)7-11-5-3-4-6-11/h9-11,13H,3-8H2,1-2H3. The van der Waals surface area contributed by atoms with Crippen LogP contribution in [0.4, 0.5) is 0 Å². The zero-order valence-electron chi connectivity index (χ0n) is 10.3. The van der Waals surface area contributed by atoms with Crippen molar-refractivity contribution in [3.8, 4) is 0 Å². The third-order valence-corrected chi connectivity index (χ3v) is 7.31. The number of hydrogen-bond acceptors (Lipinski definition) is 3. The molecule has 1 heterocycles. The molecule has 16 heavy (non-hydrogen) atoms. The van der Waals surface area contributed by atoms with Gasteiger partial charge in [0.15, 0.2) is 0 Å². The Balaban J connectivity index is 1.80. The molecule has 1 aliphatic carbocycles. The fraction of sp³-hybridized carbons (Fsp3) is 0.923. The Labute approximate surface area is 108 Å². The number of thioether (sulfide) groups is 2. The minimum atomic E-state index is 0.289. The molecule has 2 rings (SSSR count). The van der Waals surface area contributed by atoms with E-state index < -0.39 is 0 Å². The van der Waals surface area contributed by atoms with Crippen molar-refractivity contribution in [1.29, 1.82) is 0 Å². The maximum absolute atomic E-state index is 12.2. The van der Waals surface area contributed by atoms with Crippen molar-refractivity contribution in [2.24, 2.45) is 5.92 Å². The summed E-state index contributed by atoms with van der Waals surface area (Å²) in [6.07, 6.45) is 6.14. The number of hydrogen-bond donors (Lipinski definition) is 0. The molecule has 0 radical (unpaired) electrons. The lowest BCUT2D eigenvalue weighted by Crippen LogP contribution is -2.32. The van der Waals surface area contributed by atoms with E-state index in [2.05, 4.69) is 13.8 Å². The van der Waals surface area contributed by atoms with Gasteiger partial charge in [0.2, 0.25) is 0 Å². The van der Waals surface area contributed by atoms with Crippen LogP contribution in [0.1, 0.15) is 46.0 Å². The molecule has 0 N–H and O–H groups in total. The molecule has 3 heteroatoms. The summed E-state index contributed by atoms with van der Waals surface area (Å²) in [7, 11) is 0. The fourth-order valence-electron chi connectivity index (χ4n) is 2.58. The highest BCUT2D eigenvalue weighted by molar-refractivity contribution is 8.08. The summed E-state index contributed by atoms with van der Waals surface area (Å²) in [5.41, 5.74) is 0. The van der Waals surface area contributed by atoms with Gasteiger partial charge in [-0.1, -0.05) is 39.5 Å². The minimum absolute atomic E-state index is 0.289. The first-order chi connectivity index (χ1) is 7.66. The molecule has 0 amide bonds. The summed E-state index contributed by atoms with van der Waals surface area (Å²) in [4.78, 5) is 12.2. The molecule has 3 unspecified atom stereocenters. The molecule has 0 bridgehead atoms. The first kappa shape index (κ1) is 12.8. The van der Waals surface area contributed by atoms with Gasteiger partial charge in [-0.05, 0) is 5.92 Å². The van der Waals surface area contributed by atoms with Gasteiger partial charge >= 0.3 is 0 Å². The Morgan fingerprint density at radius 1 is 1.19 bits per heavy atom. The second kappa shape index (κ2) is 5.81. The van der Waals surface area contributed by atoms with Gasteiger partial charge in [-0.15, -0.1) is 11.8 Å². The second-order valence-corrected chi connectivity index (χ2v) is 8.18. The van der Waals surface area contributed by atoms with Crippen LogP contribution in [0, 0.1) is 5.92 Å². The minimum Gasteiger partial charge on any atom is -0.298 e. The molecule has 3 atom stereocenters. The maximum atomic E-state index is 12.2. The average Bonchev–Trinajstić information content (AvgIpc) is 2.74. The first-order valence-electron chi connectivity index (χ1n) is 6.46. The van der Waals surface area contributed by atoms with E-state index in [-0.39, 0.29) is 5.25 Å². The maximum Gasteiger partial charge on any atom is 0.146 e. The summed E-state index contributed by atoms with van der Waals surface area (Å²) >= 11 is 3.89. The predicted octanol–water partition coefficient (Wildman–Crippen LogP) is 3.76. The van der Waals surface area contributed by atoms with Crippen molar-refractivity contribution >= 4 is 29.3 Å². The second-order valence-electron chi connectivity index (χ2n) is 5.19. The Kier molecular flexibility index (Phi) is 4.66. The number of carbonyl (C=O) groups is 1. The lowest BCUT2D eigenvalue weighted by Gasteiger charge is -2.30. The number of rotatable bonds is 3. The smallest absolute Gasteiger partial charge is 0.146 e. The zero-order valence-corrected chi connectivity index (χ0v) is 11.9. The molecule has 1 saturated heterocycles. The van der Waals surface area contributed by atoms with Crippen molar-refractivity contribution in [2.75, 3.05) is 5.75 Å². The number of carbonyl (C=O) groups excluding carboxylic acids is 1. The van der Waals surface area contributed by atoms with Crippen LogP contribution in [-0.2, 0) is 4.79 Å². The largest absolute Gasteiger partial charge is 0.298 e. The molecular weight excluding hydrogens is 236 g/mol. The fourth-order valence-corrected chi connectivity index (χ4v) is 5.48. The summed E-state index contributed by atoms with van der Waals surface area (Å²) in [6, 6.07) is 0. The van der Waals surface area contributed by atoms with Crippen LogP contribution in [0.3, 0.4) is 0 Å². The first-order valence-corrected chi connectivity index (χ1v) is 8.45. The van der Waals surface area contributed by atoms with E-state index in [0.29, 0.717) is 22.2 Å². The van der Waals surface area contributed by atoms with E-state index in [0.717, 1.165) is 12.2 Å². The average molecular weight is 258 g/mol. The molecule has 1 saturated carbocycles. The van der Waals surface area contributed by atoms with Crippen molar-refractivity contribution < 1.29 is 4.79 Å². The monoisotopic (exact) mass is 258 g/mol. The Morgan fingerprint density at radius 2 is 1.88 bits per heavy atom. The number of ketones is 1. The molecule has 0 aromatic carbocycles. The van der Waals surface area contributed by atoms with E-state index in [1.807, 2.05) is 23.5 Å². The Morgan fingerprint density at radius 3 is 2.50 bits per heavy atom. The summed E-state index contributed by atoms with van der Waals surface area (Å²) in [5, 5.41) is 1.63. The Bertz CT molecular complexity index is 248. The van der Waals surface area contributed by atoms with Gasteiger partial charge in [-0.25, -0.2) is 0 Å². The van der Waals surface area contributed by atoms with Gasteiger partial charge in [-0.2, -0.15) is 11.8 Å². The zero-order chi connectivity index (χ0) is 11.5. The van der Waals surface area contributed by atoms with Gasteiger partial charge in [0, 0.05) is 22.7 Å². The van der Waals surface area contributed by atoms with Crippen LogP contribution in [0.5, 0.6) is 0 Å². The van der Waals surface area contributed by atoms with Crippen molar-refractivity contribution in [2.45, 2.75) is 61.7 Å². The summed E-state index contributed by atoms with van der Waals surface area (Å²) in [6.45, 7) is 4.54. The molecule has 1 nitrogen and oxygen atoms in total.